The molecule has 0 aliphatic heterocycles. The van der Waals surface area contributed by atoms with Gasteiger partial charge in [0.05, 0.1) is 5.56 Å². The maximum Gasteiger partial charge on any atom is 0.325 e. The van der Waals surface area contributed by atoms with Gasteiger partial charge in [-0.05, 0) is 17.7 Å². The van der Waals surface area contributed by atoms with E-state index >= 15 is 0 Å². The Balaban J connectivity index is 1.79. The number of hydrogen-bond donors (Lipinski definition) is 2. The molecule has 21 heavy (non-hydrogen) atoms. The van der Waals surface area contributed by atoms with Crippen molar-refractivity contribution in [3.8, 4) is 5.75 Å². The summed E-state index contributed by atoms with van der Waals surface area (Å²) >= 11 is 0. The number of carbonyl (C=O) groups excluding carboxylic acids is 2. The number of phenols is 1. The summed E-state index contributed by atoms with van der Waals surface area (Å²) in [6.07, 6.45) is 0. The van der Waals surface area contributed by atoms with Crippen molar-refractivity contribution in [1.29, 1.82) is 0 Å². The Kier molecular flexibility index (Phi) is 4.93. The molecular weight excluding hydrogens is 270 g/mol. The van der Waals surface area contributed by atoms with E-state index in [-0.39, 0.29) is 24.5 Å². The Morgan fingerprint density at radius 2 is 1.67 bits per heavy atom. The van der Waals surface area contributed by atoms with Crippen LogP contribution < -0.4 is 5.32 Å². The lowest BCUT2D eigenvalue weighted by atomic mass is 10.2. The van der Waals surface area contributed by atoms with Crippen molar-refractivity contribution in [2.24, 2.45) is 0 Å². The number of phenolic OH excluding ortho intramolecular Hbond substituents is 1. The van der Waals surface area contributed by atoms with Gasteiger partial charge in [0.25, 0.3) is 5.91 Å². The van der Waals surface area contributed by atoms with E-state index in [1.165, 1.54) is 12.1 Å². The zero-order chi connectivity index (χ0) is 15.1. The third-order valence-electron chi connectivity index (χ3n) is 2.78. The van der Waals surface area contributed by atoms with Crippen LogP contribution in [0.1, 0.15) is 15.9 Å². The summed E-state index contributed by atoms with van der Waals surface area (Å²) < 4.78 is 5.03. The van der Waals surface area contributed by atoms with E-state index in [0.29, 0.717) is 0 Å². The molecule has 2 aromatic rings. The number of ether oxygens (including phenoxy) is 1. The first-order valence-electron chi connectivity index (χ1n) is 6.42. The normalized spacial score (nSPS) is 9.90. The van der Waals surface area contributed by atoms with Gasteiger partial charge in [-0.15, -0.1) is 0 Å². The lowest BCUT2D eigenvalue weighted by molar-refractivity contribution is -0.143. The molecule has 0 aliphatic rings. The highest BCUT2D eigenvalue weighted by Crippen LogP contribution is 2.14. The van der Waals surface area contributed by atoms with Crippen LogP contribution in [-0.2, 0) is 16.1 Å². The Labute approximate surface area is 122 Å². The summed E-state index contributed by atoms with van der Waals surface area (Å²) in [5.74, 6) is -1.19. The second-order valence-corrected chi connectivity index (χ2v) is 4.35. The molecule has 2 aromatic carbocycles. The van der Waals surface area contributed by atoms with Crippen LogP contribution in [0.2, 0.25) is 0 Å². The van der Waals surface area contributed by atoms with Gasteiger partial charge in [0, 0.05) is 0 Å². The molecule has 0 fully saturated rings. The van der Waals surface area contributed by atoms with E-state index in [9.17, 15) is 14.7 Å². The SMILES string of the molecule is O=C(CNC(=O)c1ccccc1O)OCc1ccccc1. The van der Waals surface area contributed by atoms with Gasteiger partial charge in [-0.3, -0.25) is 9.59 Å². The van der Waals surface area contributed by atoms with Crippen LogP contribution in [0.15, 0.2) is 54.6 Å². The number of nitrogens with one attached hydrogen (secondary N) is 1. The minimum atomic E-state index is -0.539. The number of esters is 1. The summed E-state index contributed by atoms with van der Waals surface area (Å²) in [4.78, 5) is 23.3. The first-order chi connectivity index (χ1) is 10.2. The van der Waals surface area contributed by atoms with Crippen molar-refractivity contribution in [3.63, 3.8) is 0 Å². The smallest absolute Gasteiger partial charge is 0.325 e. The molecule has 0 heterocycles. The minimum Gasteiger partial charge on any atom is -0.507 e. The first-order valence-corrected chi connectivity index (χ1v) is 6.42. The molecule has 0 spiro atoms. The van der Waals surface area contributed by atoms with Gasteiger partial charge in [-0.2, -0.15) is 0 Å². The average Bonchev–Trinajstić information content (AvgIpc) is 2.52. The largest absolute Gasteiger partial charge is 0.507 e. The van der Waals surface area contributed by atoms with Crippen LogP contribution in [0.25, 0.3) is 0 Å². The van der Waals surface area contributed by atoms with Crippen molar-refractivity contribution in [2.75, 3.05) is 6.54 Å². The van der Waals surface area contributed by atoms with Crippen LogP contribution in [0.3, 0.4) is 0 Å². The van der Waals surface area contributed by atoms with Crippen molar-refractivity contribution in [3.05, 3.63) is 65.7 Å². The van der Waals surface area contributed by atoms with Crippen molar-refractivity contribution in [2.45, 2.75) is 6.61 Å². The van der Waals surface area contributed by atoms with Gasteiger partial charge in [-0.1, -0.05) is 42.5 Å². The molecule has 0 radical (unpaired) electrons. The highest BCUT2D eigenvalue weighted by Gasteiger charge is 2.12. The van der Waals surface area contributed by atoms with Crippen LogP contribution in [0, 0.1) is 0 Å². The number of rotatable bonds is 5. The number of aromatic hydroxyl groups is 1. The average molecular weight is 285 g/mol. The number of amides is 1. The molecule has 5 nitrogen and oxygen atoms in total. The van der Waals surface area contributed by atoms with E-state index in [4.69, 9.17) is 4.74 Å². The van der Waals surface area contributed by atoms with Crippen LogP contribution >= 0.6 is 0 Å². The van der Waals surface area contributed by atoms with Gasteiger partial charge >= 0.3 is 5.97 Å². The highest BCUT2D eigenvalue weighted by molar-refractivity contribution is 5.98. The molecule has 0 unspecified atom stereocenters. The molecule has 0 bridgehead atoms. The van der Waals surface area contributed by atoms with Gasteiger partial charge < -0.3 is 15.2 Å². The first kappa shape index (κ1) is 14.6. The van der Waals surface area contributed by atoms with E-state index < -0.39 is 11.9 Å². The summed E-state index contributed by atoms with van der Waals surface area (Å²) in [5, 5.41) is 11.9. The zero-order valence-electron chi connectivity index (χ0n) is 11.3. The molecule has 0 aliphatic carbocycles. The predicted octanol–water partition coefficient (Wildman–Crippen LogP) is 1.87. The van der Waals surface area contributed by atoms with Crippen molar-refractivity contribution < 1.29 is 19.4 Å². The molecule has 1 amide bonds. The third kappa shape index (κ3) is 4.35. The molecule has 5 heteroatoms. The van der Waals surface area contributed by atoms with E-state index in [1.807, 2.05) is 30.3 Å². The molecule has 2 rings (SSSR count). The van der Waals surface area contributed by atoms with Crippen molar-refractivity contribution in [1.82, 2.24) is 5.32 Å². The van der Waals surface area contributed by atoms with Gasteiger partial charge in [0.1, 0.15) is 18.9 Å². The Morgan fingerprint density at radius 1 is 1.00 bits per heavy atom. The number of benzene rings is 2. The Bertz CT molecular complexity index is 625. The molecule has 0 aromatic heterocycles. The number of carbonyl (C=O) groups is 2. The fraction of sp³-hybridized carbons (Fsp3) is 0.125. The molecular formula is C16H15NO4. The van der Waals surface area contributed by atoms with E-state index in [0.717, 1.165) is 5.56 Å². The maximum atomic E-state index is 11.8. The standard InChI is InChI=1S/C16H15NO4/c18-14-9-5-4-8-13(14)16(20)17-10-15(19)21-11-12-6-2-1-3-7-12/h1-9,18H,10-11H2,(H,17,20). The predicted molar refractivity (Wildman–Crippen MR) is 76.7 cm³/mol. The van der Waals surface area contributed by atoms with Crippen molar-refractivity contribution >= 4 is 11.9 Å². The fourth-order valence-electron chi connectivity index (χ4n) is 1.70. The molecule has 0 atom stereocenters. The van der Waals surface area contributed by atoms with Gasteiger partial charge in [0.15, 0.2) is 0 Å². The third-order valence-corrected chi connectivity index (χ3v) is 2.78. The summed E-state index contributed by atoms with van der Waals surface area (Å²) in [6, 6.07) is 15.4. The molecule has 0 saturated heterocycles. The van der Waals surface area contributed by atoms with Gasteiger partial charge in [0.2, 0.25) is 0 Å². The molecule has 0 saturated carbocycles. The Hall–Kier alpha value is -2.82. The van der Waals surface area contributed by atoms with E-state index in [1.54, 1.807) is 12.1 Å². The van der Waals surface area contributed by atoms with Gasteiger partial charge in [-0.25, -0.2) is 0 Å². The lowest BCUT2D eigenvalue weighted by Crippen LogP contribution is -2.30. The highest BCUT2D eigenvalue weighted by atomic mass is 16.5. The lowest BCUT2D eigenvalue weighted by Gasteiger charge is -2.07. The van der Waals surface area contributed by atoms with Crippen LogP contribution in [-0.4, -0.2) is 23.5 Å². The topological polar surface area (TPSA) is 75.6 Å². The summed E-state index contributed by atoms with van der Waals surface area (Å²) in [7, 11) is 0. The summed E-state index contributed by atoms with van der Waals surface area (Å²) in [5.41, 5.74) is 0.992. The minimum absolute atomic E-state index is 0.119. The van der Waals surface area contributed by atoms with E-state index in [2.05, 4.69) is 5.32 Å². The fourth-order valence-corrected chi connectivity index (χ4v) is 1.70. The number of hydrogen-bond acceptors (Lipinski definition) is 4. The monoisotopic (exact) mass is 285 g/mol. The molecule has 2 N–H and O–H groups in total. The zero-order valence-corrected chi connectivity index (χ0v) is 11.3. The Morgan fingerprint density at radius 3 is 2.38 bits per heavy atom. The number of para-hydroxylation sites is 1. The summed E-state index contributed by atoms with van der Waals surface area (Å²) in [6.45, 7) is -0.0911. The maximum absolute atomic E-state index is 11.8. The quantitative estimate of drug-likeness (QED) is 0.822. The molecule has 108 valence electrons. The second-order valence-electron chi connectivity index (χ2n) is 4.35. The van der Waals surface area contributed by atoms with Crippen LogP contribution in [0.5, 0.6) is 5.75 Å². The van der Waals surface area contributed by atoms with Crippen LogP contribution in [0.4, 0.5) is 0 Å². The second kappa shape index (κ2) is 7.09.